The summed E-state index contributed by atoms with van der Waals surface area (Å²) in [6.45, 7) is 4.78. The summed E-state index contributed by atoms with van der Waals surface area (Å²) < 4.78 is 10.5. The van der Waals surface area contributed by atoms with Crippen LogP contribution in [0, 0.1) is 0 Å². The van der Waals surface area contributed by atoms with E-state index in [2.05, 4.69) is 5.10 Å². The van der Waals surface area contributed by atoms with E-state index in [1.807, 2.05) is 59.5 Å². The monoisotopic (exact) mass is 366 g/mol. The maximum Gasteiger partial charge on any atom is 0.270 e. The second-order valence-corrected chi connectivity index (χ2v) is 7.80. The number of hydrogen-bond acceptors (Lipinski definition) is 5. The molecule has 0 fully saturated rings. The molecule has 2 bridgehead atoms. The molecule has 0 amide bonds. The molecule has 2 aliphatic heterocycles. The van der Waals surface area contributed by atoms with Gasteiger partial charge in [0.2, 0.25) is 5.72 Å². The first-order valence-electron chi connectivity index (χ1n) is 8.71. The first-order valence-corrected chi connectivity index (χ1v) is 9.52. The smallest absolute Gasteiger partial charge is 0.270 e. The molecule has 4 heterocycles. The largest absolute Gasteiger partial charge is 0.466 e. The highest BCUT2D eigenvalue weighted by Crippen LogP contribution is 2.42. The molecule has 0 radical (unpaired) electrons. The molecule has 0 saturated heterocycles. The standard InChI is InChI=1S/C19H18N4O2S/c1-3-22-12(8-9-20-22)10-16-17(24)23-14-11-19(2,21-18(23)26-16)25-15-7-5-4-6-13(14)15/h4-10,14H,3,11H2,1-2H3/b16-10-/t14-,19+/m0/s1. The third kappa shape index (κ3) is 2.20. The van der Waals surface area contributed by atoms with Gasteiger partial charge in [0, 0.05) is 24.7 Å². The van der Waals surface area contributed by atoms with Crippen molar-refractivity contribution >= 4 is 17.4 Å². The number of aromatic nitrogens is 3. The highest BCUT2D eigenvalue weighted by atomic mass is 32.1. The van der Waals surface area contributed by atoms with Crippen LogP contribution in [0.2, 0.25) is 0 Å². The summed E-state index contributed by atoms with van der Waals surface area (Å²) in [5.74, 6) is 0.813. The zero-order valence-corrected chi connectivity index (χ0v) is 15.4. The Balaban J connectivity index is 1.76. The fraction of sp³-hybridized carbons (Fsp3) is 0.316. The minimum atomic E-state index is -0.626. The molecule has 2 atom stereocenters. The van der Waals surface area contributed by atoms with E-state index in [1.54, 1.807) is 6.20 Å². The van der Waals surface area contributed by atoms with Crippen molar-refractivity contribution in [2.75, 3.05) is 0 Å². The van der Waals surface area contributed by atoms with E-state index in [0.29, 0.717) is 11.0 Å². The molecule has 26 heavy (non-hydrogen) atoms. The highest BCUT2D eigenvalue weighted by molar-refractivity contribution is 7.07. The Kier molecular flexibility index (Phi) is 3.24. The van der Waals surface area contributed by atoms with Crippen LogP contribution < -0.4 is 19.6 Å². The molecule has 0 saturated carbocycles. The van der Waals surface area contributed by atoms with E-state index in [1.165, 1.54) is 11.3 Å². The van der Waals surface area contributed by atoms with Gasteiger partial charge in [-0.1, -0.05) is 29.5 Å². The molecule has 0 spiro atoms. The van der Waals surface area contributed by atoms with Crippen LogP contribution in [0.3, 0.4) is 0 Å². The number of benzene rings is 1. The van der Waals surface area contributed by atoms with Crippen molar-refractivity contribution in [3.63, 3.8) is 0 Å². The third-order valence-electron chi connectivity index (χ3n) is 4.99. The molecular formula is C19H18N4O2S. The van der Waals surface area contributed by atoms with Gasteiger partial charge in [0.05, 0.1) is 16.3 Å². The predicted octanol–water partition coefficient (Wildman–Crippen LogP) is 1.68. The highest BCUT2D eigenvalue weighted by Gasteiger charge is 2.42. The van der Waals surface area contributed by atoms with E-state index < -0.39 is 5.72 Å². The summed E-state index contributed by atoms with van der Waals surface area (Å²) >= 11 is 1.42. The minimum absolute atomic E-state index is 0.00126. The second-order valence-electron chi connectivity index (χ2n) is 6.79. The molecule has 3 aromatic rings. The zero-order valence-electron chi connectivity index (χ0n) is 14.5. The lowest BCUT2D eigenvalue weighted by molar-refractivity contribution is 0.0410. The van der Waals surface area contributed by atoms with E-state index in [-0.39, 0.29) is 11.6 Å². The molecule has 2 aliphatic rings. The van der Waals surface area contributed by atoms with E-state index >= 15 is 0 Å². The van der Waals surface area contributed by atoms with Crippen molar-refractivity contribution in [2.24, 2.45) is 4.99 Å². The van der Waals surface area contributed by atoms with E-state index in [9.17, 15) is 4.79 Å². The number of rotatable bonds is 2. The summed E-state index contributed by atoms with van der Waals surface area (Å²) in [5.41, 5.74) is 1.35. The van der Waals surface area contributed by atoms with Gasteiger partial charge < -0.3 is 4.74 Å². The molecule has 6 nitrogen and oxygen atoms in total. The van der Waals surface area contributed by atoms with Crippen molar-refractivity contribution in [1.82, 2.24) is 14.3 Å². The summed E-state index contributed by atoms with van der Waals surface area (Å²) in [4.78, 5) is 18.7. The molecule has 2 aromatic heterocycles. The van der Waals surface area contributed by atoms with Crippen molar-refractivity contribution in [3.05, 3.63) is 67.5 Å². The first kappa shape index (κ1) is 15.6. The Bertz CT molecular complexity index is 1190. The predicted molar refractivity (Wildman–Crippen MR) is 99.1 cm³/mol. The number of hydrogen-bond donors (Lipinski definition) is 0. The van der Waals surface area contributed by atoms with Gasteiger partial charge in [-0.25, -0.2) is 4.99 Å². The number of para-hydroxylation sites is 1. The maximum atomic E-state index is 13.2. The lowest BCUT2D eigenvalue weighted by atomic mass is 9.93. The molecular weight excluding hydrogens is 348 g/mol. The van der Waals surface area contributed by atoms with Crippen LogP contribution in [0.15, 0.2) is 46.3 Å². The summed E-state index contributed by atoms with van der Waals surface area (Å²) in [7, 11) is 0. The normalized spacial score (nSPS) is 23.8. The lowest BCUT2D eigenvalue weighted by Gasteiger charge is -2.39. The first-order chi connectivity index (χ1) is 12.6. The van der Waals surface area contributed by atoms with Crippen molar-refractivity contribution < 1.29 is 4.74 Å². The van der Waals surface area contributed by atoms with Gasteiger partial charge in [0.25, 0.3) is 5.56 Å². The Morgan fingerprint density at radius 1 is 1.38 bits per heavy atom. The van der Waals surface area contributed by atoms with Gasteiger partial charge in [-0.05, 0) is 32.1 Å². The van der Waals surface area contributed by atoms with Gasteiger partial charge in [0.1, 0.15) is 5.75 Å². The van der Waals surface area contributed by atoms with Gasteiger partial charge >= 0.3 is 0 Å². The van der Waals surface area contributed by atoms with Crippen LogP contribution in [-0.4, -0.2) is 20.1 Å². The van der Waals surface area contributed by atoms with Crippen LogP contribution >= 0.6 is 11.3 Å². The SMILES string of the molecule is CCn1nccc1/C=c1\sc2n(c1=O)[C@H]1C[C@](C)(N=2)Oc2ccccc21. The van der Waals surface area contributed by atoms with E-state index in [0.717, 1.165) is 28.4 Å². The number of aryl methyl sites for hydroxylation is 1. The van der Waals surface area contributed by atoms with Crippen molar-refractivity contribution in [2.45, 2.75) is 38.6 Å². The average molecular weight is 366 g/mol. The Labute approximate surface area is 153 Å². The Hall–Kier alpha value is -2.67. The summed E-state index contributed by atoms with van der Waals surface area (Å²) in [5, 5.41) is 4.27. The maximum absolute atomic E-state index is 13.2. The van der Waals surface area contributed by atoms with Gasteiger partial charge in [-0.15, -0.1) is 0 Å². The zero-order chi connectivity index (χ0) is 17.9. The van der Waals surface area contributed by atoms with Crippen LogP contribution in [0.25, 0.3) is 6.08 Å². The van der Waals surface area contributed by atoms with Crippen LogP contribution in [0.5, 0.6) is 5.75 Å². The fourth-order valence-electron chi connectivity index (χ4n) is 3.80. The van der Waals surface area contributed by atoms with Crippen LogP contribution in [0.4, 0.5) is 0 Å². The summed E-state index contributed by atoms with van der Waals surface area (Å²) in [6.07, 6.45) is 4.33. The molecule has 5 rings (SSSR count). The minimum Gasteiger partial charge on any atom is -0.466 e. The average Bonchev–Trinajstić information content (AvgIpc) is 3.19. The van der Waals surface area contributed by atoms with Gasteiger partial charge in [0.15, 0.2) is 4.80 Å². The molecule has 0 unspecified atom stereocenters. The van der Waals surface area contributed by atoms with Crippen molar-refractivity contribution in [1.29, 1.82) is 0 Å². The molecule has 132 valence electrons. The Morgan fingerprint density at radius 3 is 3.08 bits per heavy atom. The number of nitrogens with zero attached hydrogens (tertiary/aromatic N) is 4. The Morgan fingerprint density at radius 2 is 2.23 bits per heavy atom. The lowest BCUT2D eigenvalue weighted by Crippen LogP contribution is -2.49. The van der Waals surface area contributed by atoms with Crippen LogP contribution in [-0.2, 0) is 6.54 Å². The van der Waals surface area contributed by atoms with Crippen molar-refractivity contribution in [3.8, 4) is 5.75 Å². The van der Waals surface area contributed by atoms with E-state index in [4.69, 9.17) is 9.73 Å². The fourth-order valence-corrected chi connectivity index (χ4v) is 4.91. The number of fused-ring (bicyclic) bond motifs is 6. The van der Waals surface area contributed by atoms with Gasteiger partial charge in [-0.3, -0.25) is 14.0 Å². The second kappa shape index (κ2) is 5.41. The summed E-state index contributed by atoms with van der Waals surface area (Å²) in [6, 6.07) is 9.80. The molecule has 0 aliphatic carbocycles. The van der Waals surface area contributed by atoms with Gasteiger partial charge in [-0.2, -0.15) is 5.10 Å². The van der Waals surface area contributed by atoms with Crippen LogP contribution in [0.1, 0.15) is 37.6 Å². The quantitative estimate of drug-likeness (QED) is 0.693. The topological polar surface area (TPSA) is 61.4 Å². The molecule has 0 N–H and O–H groups in total. The molecule has 1 aromatic carbocycles. The number of thiazole rings is 1. The molecule has 7 heteroatoms. The number of ether oxygens (including phenoxy) is 1. The third-order valence-corrected chi connectivity index (χ3v) is 5.97.